The third-order valence-corrected chi connectivity index (χ3v) is 4.16. The second-order valence-corrected chi connectivity index (χ2v) is 7.42. The number of aliphatic carboxylic acids is 1. The molecule has 0 aromatic carbocycles. The summed E-state index contributed by atoms with van der Waals surface area (Å²) < 4.78 is 0. The minimum Gasteiger partial charge on any atom is -0.480 e. The van der Waals surface area contributed by atoms with Crippen LogP contribution < -0.4 is 21.7 Å². The molecule has 0 fully saturated rings. The van der Waals surface area contributed by atoms with E-state index in [2.05, 4.69) is 25.9 Å². The summed E-state index contributed by atoms with van der Waals surface area (Å²) in [4.78, 5) is 54.5. The number of hydrogen-bond donors (Lipinski definition) is 7. The standard InChI is InChI=1S/C18H30N6O6/c1-9(2)4-13(17(28)24-15(10(3)25)18(29)30)23-14(26)7-21-16(27)12(19)5-11-6-20-8-22-11/h6,8-10,12-13,15,25H,4-5,7,19H2,1-3H3,(H,20,22)(H,21,27)(H,23,26)(H,24,28)(H,29,30). The summed E-state index contributed by atoms with van der Waals surface area (Å²) in [6.45, 7) is 4.48. The summed E-state index contributed by atoms with van der Waals surface area (Å²) in [6.07, 6.45) is 2.11. The molecule has 30 heavy (non-hydrogen) atoms. The van der Waals surface area contributed by atoms with Gasteiger partial charge < -0.3 is 36.9 Å². The molecule has 0 aliphatic heterocycles. The molecule has 168 valence electrons. The summed E-state index contributed by atoms with van der Waals surface area (Å²) >= 11 is 0. The summed E-state index contributed by atoms with van der Waals surface area (Å²) in [6, 6.07) is -3.44. The number of aliphatic hydroxyl groups is 1. The number of carbonyl (C=O) groups excluding carboxylic acids is 3. The van der Waals surface area contributed by atoms with E-state index in [0.717, 1.165) is 0 Å². The molecule has 0 bridgehead atoms. The molecule has 4 unspecified atom stereocenters. The molecule has 1 heterocycles. The zero-order valence-electron chi connectivity index (χ0n) is 17.2. The number of aromatic nitrogens is 2. The average molecular weight is 426 g/mol. The van der Waals surface area contributed by atoms with Crippen molar-refractivity contribution in [1.82, 2.24) is 25.9 Å². The van der Waals surface area contributed by atoms with Gasteiger partial charge in [0.15, 0.2) is 6.04 Å². The Bertz CT molecular complexity index is 721. The van der Waals surface area contributed by atoms with E-state index in [1.54, 1.807) is 0 Å². The van der Waals surface area contributed by atoms with E-state index in [1.165, 1.54) is 19.4 Å². The first-order valence-corrected chi connectivity index (χ1v) is 9.52. The third-order valence-electron chi connectivity index (χ3n) is 4.16. The molecular formula is C18H30N6O6. The Labute approximate surface area is 174 Å². The zero-order chi connectivity index (χ0) is 22.8. The molecule has 0 radical (unpaired) electrons. The average Bonchev–Trinajstić information content (AvgIpc) is 3.15. The molecule has 3 amide bonds. The Morgan fingerprint density at radius 3 is 2.33 bits per heavy atom. The highest BCUT2D eigenvalue weighted by molar-refractivity contribution is 5.92. The lowest BCUT2D eigenvalue weighted by atomic mass is 10.0. The topological polar surface area (TPSA) is 200 Å². The Hall–Kier alpha value is -2.99. The number of aliphatic hydroxyl groups excluding tert-OH is 1. The van der Waals surface area contributed by atoms with Crippen LogP contribution in [0.4, 0.5) is 0 Å². The largest absolute Gasteiger partial charge is 0.480 e. The van der Waals surface area contributed by atoms with Gasteiger partial charge in [0.25, 0.3) is 0 Å². The lowest BCUT2D eigenvalue weighted by Gasteiger charge is -2.24. The van der Waals surface area contributed by atoms with Gasteiger partial charge in [-0.05, 0) is 19.3 Å². The number of nitrogens with two attached hydrogens (primary N) is 1. The Morgan fingerprint density at radius 1 is 1.17 bits per heavy atom. The van der Waals surface area contributed by atoms with Gasteiger partial charge in [-0.3, -0.25) is 14.4 Å². The van der Waals surface area contributed by atoms with E-state index in [0.29, 0.717) is 5.69 Å². The first kappa shape index (κ1) is 25.0. The van der Waals surface area contributed by atoms with Gasteiger partial charge in [-0.25, -0.2) is 9.78 Å². The molecule has 1 aromatic rings. The van der Waals surface area contributed by atoms with Crippen molar-refractivity contribution in [2.45, 2.75) is 57.8 Å². The zero-order valence-corrected chi connectivity index (χ0v) is 17.2. The second-order valence-electron chi connectivity index (χ2n) is 7.42. The molecule has 0 saturated carbocycles. The van der Waals surface area contributed by atoms with Crippen LogP contribution in [0.5, 0.6) is 0 Å². The fourth-order valence-corrected chi connectivity index (χ4v) is 2.62. The second kappa shape index (κ2) is 11.9. The van der Waals surface area contributed by atoms with Crippen LogP contribution in [0.1, 0.15) is 32.9 Å². The maximum absolute atomic E-state index is 12.4. The van der Waals surface area contributed by atoms with E-state index in [4.69, 9.17) is 10.8 Å². The minimum absolute atomic E-state index is 0.00768. The Morgan fingerprint density at radius 2 is 1.83 bits per heavy atom. The predicted octanol–water partition coefficient (Wildman–Crippen LogP) is -2.12. The van der Waals surface area contributed by atoms with Gasteiger partial charge in [0, 0.05) is 18.3 Å². The highest BCUT2D eigenvalue weighted by Crippen LogP contribution is 2.06. The van der Waals surface area contributed by atoms with Crippen LogP contribution in [0.3, 0.4) is 0 Å². The van der Waals surface area contributed by atoms with Crippen LogP contribution in [0.25, 0.3) is 0 Å². The third kappa shape index (κ3) is 8.57. The van der Waals surface area contributed by atoms with E-state index in [1.807, 2.05) is 13.8 Å². The summed E-state index contributed by atoms with van der Waals surface area (Å²) in [5.41, 5.74) is 6.45. The molecule has 1 aromatic heterocycles. The summed E-state index contributed by atoms with van der Waals surface area (Å²) in [5.74, 6) is -3.32. The van der Waals surface area contributed by atoms with Gasteiger partial charge in [0.2, 0.25) is 17.7 Å². The number of carboxylic acid groups (broad SMARTS) is 1. The van der Waals surface area contributed by atoms with E-state index in [9.17, 15) is 24.3 Å². The molecule has 8 N–H and O–H groups in total. The first-order valence-electron chi connectivity index (χ1n) is 9.52. The Balaban J connectivity index is 2.62. The van der Waals surface area contributed by atoms with Crippen LogP contribution in [-0.2, 0) is 25.6 Å². The van der Waals surface area contributed by atoms with Gasteiger partial charge in [0.05, 0.1) is 25.0 Å². The van der Waals surface area contributed by atoms with E-state index in [-0.39, 0.29) is 18.8 Å². The number of hydrogen-bond acceptors (Lipinski definition) is 7. The summed E-state index contributed by atoms with van der Waals surface area (Å²) in [5, 5.41) is 25.7. The van der Waals surface area contributed by atoms with Crippen molar-refractivity contribution in [3.63, 3.8) is 0 Å². The van der Waals surface area contributed by atoms with Crippen molar-refractivity contribution in [1.29, 1.82) is 0 Å². The molecule has 4 atom stereocenters. The minimum atomic E-state index is -1.51. The van der Waals surface area contributed by atoms with Gasteiger partial charge in [-0.2, -0.15) is 0 Å². The number of imidazole rings is 1. The monoisotopic (exact) mass is 426 g/mol. The van der Waals surface area contributed by atoms with Crippen LogP contribution in [0, 0.1) is 5.92 Å². The Kier molecular flexibility index (Phi) is 9.92. The van der Waals surface area contributed by atoms with Gasteiger partial charge >= 0.3 is 5.97 Å². The van der Waals surface area contributed by atoms with Crippen LogP contribution in [0.15, 0.2) is 12.5 Å². The lowest BCUT2D eigenvalue weighted by molar-refractivity contribution is -0.145. The van der Waals surface area contributed by atoms with E-state index >= 15 is 0 Å². The SMILES string of the molecule is CC(C)CC(NC(=O)CNC(=O)C(N)Cc1cnc[nH]1)C(=O)NC(C(=O)O)C(C)O. The van der Waals surface area contributed by atoms with Crippen LogP contribution in [0.2, 0.25) is 0 Å². The van der Waals surface area contributed by atoms with Crippen molar-refractivity contribution in [2.24, 2.45) is 11.7 Å². The van der Waals surface area contributed by atoms with E-state index < -0.39 is 54.5 Å². The maximum Gasteiger partial charge on any atom is 0.328 e. The van der Waals surface area contributed by atoms with Crippen molar-refractivity contribution in [2.75, 3.05) is 6.54 Å². The normalized spacial score (nSPS) is 15.0. The molecular weight excluding hydrogens is 396 g/mol. The van der Waals surface area contributed by atoms with Crippen LogP contribution >= 0.6 is 0 Å². The number of aromatic amines is 1. The molecule has 12 heteroatoms. The molecule has 0 saturated heterocycles. The lowest BCUT2D eigenvalue weighted by Crippen LogP contribution is -2.56. The smallest absolute Gasteiger partial charge is 0.328 e. The van der Waals surface area contributed by atoms with Crippen LogP contribution in [-0.4, -0.2) is 74.6 Å². The maximum atomic E-state index is 12.4. The van der Waals surface area contributed by atoms with Crippen molar-refractivity contribution in [3.05, 3.63) is 18.2 Å². The highest BCUT2D eigenvalue weighted by atomic mass is 16.4. The van der Waals surface area contributed by atoms with Gasteiger partial charge in [-0.15, -0.1) is 0 Å². The number of nitrogens with one attached hydrogen (secondary N) is 4. The molecule has 1 rings (SSSR count). The number of carbonyl (C=O) groups is 4. The van der Waals surface area contributed by atoms with Crippen molar-refractivity contribution in [3.8, 4) is 0 Å². The highest BCUT2D eigenvalue weighted by Gasteiger charge is 2.30. The fourth-order valence-electron chi connectivity index (χ4n) is 2.62. The number of nitrogens with zero attached hydrogens (tertiary/aromatic N) is 1. The molecule has 0 aliphatic carbocycles. The number of amides is 3. The predicted molar refractivity (Wildman–Crippen MR) is 106 cm³/mol. The quantitative estimate of drug-likeness (QED) is 0.196. The first-order chi connectivity index (χ1) is 14.0. The number of rotatable bonds is 12. The molecule has 0 spiro atoms. The molecule has 0 aliphatic rings. The van der Waals surface area contributed by atoms with Crippen molar-refractivity contribution < 1.29 is 29.4 Å². The van der Waals surface area contributed by atoms with Crippen molar-refractivity contribution >= 4 is 23.7 Å². The fraction of sp³-hybridized carbons (Fsp3) is 0.611. The number of carboxylic acids is 1. The number of H-pyrrole nitrogens is 1. The molecule has 12 nitrogen and oxygen atoms in total. The van der Waals surface area contributed by atoms with Gasteiger partial charge in [0.1, 0.15) is 6.04 Å². The summed E-state index contributed by atoms with van der Waals surface area (Å²) in [7, 11) is 0. The van der Waals surface area contributed by atoms with Gasteiger partial charge in [-0.1, -0.05) is 13.8 Å².